The molecule has 0 saturated heterocycles. The molecule has 2 saturated carbocycles. The number of hydrogen-bond donors (Lipinski definition) is 1. The van der Waals surface area contributed by atoms with Crippen LogP contribution in [0.25, 0.3) is 0 Å². The van der Waals surface area contributed by atoms with E-state index in [9.17, 15) is 4.79 Å². The Balaban J connectivity index is 1.54. The first-order valence-corrected chi connectivity index (χ1v) is 12.2. The van der Waals surface area contributed by atoms with Gasteiger partial charge >= 0.3 is 0 Å². The minimum Gasteiger partial charge on any atom is -0.496 e. The van der Waals surface area contributed by atoms with E-state index in [0.717, 1.165) is 41.9 Å². The number of methoxy groups -OCH3 is 2. The fraction of sp³-hybridized carbons (Fsp3) is 0.500. The first-order valence-electron chi connectivity index (χ1n) is 11.5. The molecule has 1 heterocycles. The van der Waals surface area contributed by atoms with Crippen molar-refractivity contribution in [1.29, 1.82) is 0 Å². The summed E-state index contributed by atoms with van der Waals surface area (Å²) >= 11 is 12.4. The van der Waals surface area contributed by atoms with Gasteiger partial charge in [0, 0.05) is 22.7 Å². The molecule has 2 fully saturated rings. The molecule has 5 rings (SSSR count). The highest BCUT2D eigenvalue weighted by Crippen LogP contribution is 2.64. The van der Waals surface area contributed by atoms with E-state index in [1.807, 2.05) is 36.4 Å². The van der Waals surface area contributed by atoms with Gasteiger partial charge in [-0.15, -0.1) is 23.2 Å². The van der Waals surface area contributed by atoms with Crippen molar-refractivity contribution in [3.8, 4) is 11.5 Å². The minimum atomic E-state index is -1.01. The third kappa shape index (κ3) is 3.78. The number of amides is 1. The van der Waals surface area contributed by atoms with Crippen LogP contribution in [-0.2, 0) is 9.53 Å². The maximum Gasteiger partial charge on any atom is 0.233 e. The zero-order valence-electron chi connectivity index (χ0n) is 19.1. The maximum absolute atomic E-state index is 12.8. The molecule has 5 nitrogen and oxygen atoms in total. The Bertz CT molecular complexity index is 1090. The van der Waals surface area contributed by atoms with Gasteiger partial charge in [-0.05, 0) is 56.0 Å². The minimum absolute atomic E-state index is 0.119. The number of fused-ring (bicyclic) bond motifs is 3. The van der Waals surface area contributed by atoms with E-state index >= 15 is 0 Å². The first kappa shape index (κ1) is 22.8. The average molecular weight is 490 g/mol. The number of rotatable bonds is 5. The summed E-state index contributed by atoms with van der Waals surface area (Å²) in [5.74, 6) is 1.77. The van der Waals surface area contributed by atoms with Crippen LogP contribution in [0.4, 0.5) is 5.69 Å². The van der Waals surface area contributed by atoms with Crippen molar-refractivity contribution in [3.05, 3.63) is 53.1 Å². The summed E-state index contributed by atoms with van der Waals surface area (Å²) < 4.78 is 17.3. The van der Waals surface area contributed by atoms with Crippen LogP contribution >= 0.6 is 23.2 Å². The van der Waals surface area contributed by atoms with Gasteiger partial charge in [0.25, 0.3) is 0 Å². The average Bonchev–Trinajstić information content (AvgIpc) is 3.36. The van der Waals surface area contributed by atoms with Gasteiger partial charge in [0.1, 0.15) is 21.9 Å². The van der Waals surface area contributed by atoms with Crippen LogP contribution in [0.5, 0.6) is 11.5 Å². The van der Waals surface area contributed by atoms with Gasteiger partial charge in [-0.25, -0.2) is 0 Å². The Morgan fingerprint density at radius 1 is 1.06 bits per heavy atom. The molecule has 4 unspecified atom stereocenters. The standard InChI is InChI=1S/C26H29Cl2NO4/c1-25(14-26(25,27)28)24(30)29-16-8-6-7-15(13-16)23-22-20(32-3)12-11-19(31-2)21(22)17-9-4-5-10-18(17)33-23/h6-8,11-13,17-18,23H,4-5,9-10,14H2,1-3H3,(H,29,30). The van der Waals surface area contributed by atoms with Crippen molar-refractivity contribution >= 4 is 34.8 Å². The third-order valence-electron chi connectivity index (χ3n) is 7.50. The van der Waals surface area contributed by atoms with E-state index in [1.54, 1.807) is 21.1 Å². The SMILES string of the molecule is COc1ccc(OC)c2c1C(c1cccc(NC(=O)C3(C)CC3(Cl)Cl)c1)OC1CCCCC21. The molecule has 1 amide bonds. The van der Waals surface area contributed by atoms with E-state index in [0.29, 0.717) is 12.1 Å². The number of halogens is 2. The number of nitrogens with one attached hydrogen (secondary N) is 1. The van der Waals surface area contributed by atoms with Gasteiger partial charge in [0.15, 0.2) is 0 Å². The van der Waals surface area contributed by atoms with Gasteiger partial charge in [-0.3, -0.25) is 4.79 Å². The summed E-state index contributed by atoms with van der Waals surface area (Å²) in [5, 5.41) is 2.99. The van der Waals surface area contributed by atoms with Crippen molar-refractivity contribution in [2.24, 2.45) is 5.41 Å². The van der Waals surface area contributed by atoms with Crippen LogP contribution in [0.15, 0.2) is 36.4 Å². The number of alkyl halides is 2. The molecule has 7 heteroatoms. The molecular formula is C26H29Cl2NO4. The zero-order valence-corrected chi connectivity index (χ0v) is 20.6. The second kappa shape index (κ2) is 8.37. The van der Waals surface area contributed by atoms with E-state index in [2.05, 4.69) is 5.32 Å². The molecular weight excluding hydrogens is 461 g/mol. The van der Waals surface area contributed by atoms with E-state index in [-0.39, 0.29) is 24.0 Å². The van der Waals surface area contributed by atoms with Crippen LogP contribution in [0.3, 0.4) is 0 Å². The maximum atomic E-state index is 12.8. The van der Waals surface area contributed by atoms with Gasteiger partial charge in [-0.1, -0.05) is 25.0 Å². The molecule has 0 radical (unpaired) electrons. The normalized spacial score (nSPS) is 29.4. The number of carbonyl (C=O) groups excluding carboxylic acids is 1. The lowest BCUT2D eigenvalue weighted by atomic mass is 9.75. The first-order chi connectivity index (χ1) is 15.8. The molecule has 2 aromatic rings. The van der Waals surface area contributed by atoms with Crippen molar-refractivity contribution in [2.45, 2.75) is 61.5 Å². The highest BCUT2D eigenvalue weighted by Gasteiger charge is 2.67. The number of hydrogen-bond acceptors (Lipinski definition) is 4. The molecule has 1 N–H and O–H groups in total. The zero-order chi connectivity index (χ0) is 23.4. The predicted octanol–water partition coefficient (Wildman–Crippen LogP) is 6.37. The number of anilines is 1. The largest absolute Gasteiger partial charge is 0.496 e. The Morgan fingerprint density at radius 2 is 1.73 bits per heavy atom. The molecule has 33 heavy (non-hydrogen) atoms. The Hall–Kier alpha value is -1.95. The third-order valence-corrected chi connectivity index (χ3v) is 8.60. The molecule has 3 aliphatic rings. The van der Waals surface area contributed by atoms with Crippen LogP contribution in [-0.4, -0.2) is 30.6 Å². The van der Waals surface area contributed by atoms with Gasteiger partial charge in [-0.2, -0.15) is 0 Å². The molecule has 0 aromatic heterocycles. The quantitative estimate of drug-likeness (QED) is 0.495. The fourth-order valence-electron chi connectivity index (χ4n) is 5.38. The Morgan fingerprint density at radius 3 is 2.39 bits per heavy atom. The van der Waals surface area contributed by atoms with Crippen LogP contribution in [0, 0.1) is 5.41 Å². The lowest BCUT2D eigenvalue weighted by molar-refractivity contribution is -0.120. The second-order valence-electron chi connectivity index (χ2n) is 9.54. The van der Waals surface area contributed by atoms with Crippen LogP contribution < -0.4 is 14.8 Å². The van der Waals surface area contributed by atoms with Crippen LogP contribution in [0.1, 0.15) is 67.7 Å². The molecule has 2 aliphatic carbocycles. The topological polar surface area (TPSA) is 56.8 Å². The Labute approximate surface area is 204 Å². The van der Waals surface area contributed by atoms with Crippen LogP contribution in [0.2, 0.25) is 0 Å². The predicted molar refractivity (Wildman–Crippen MR) is 130 cm³/mol. The van der Waals surface area contributed by atoms with Crippen molar-refractivity contribution in [2.75, 3.05) is 19.5 Å². The lowest BCUT2D eigenvalue weighted by Gasteiger charge is -2.42. The summed E-state index contributed by atoms with van der Waals surface area (Å²) in [6.07, 6.45) is 4.66. The number of benzene rings is 2. The van der Waals surface area contributed by atoms with Crippen molar-refractivity contribution < 1.29 is 19.0 Å². The molecule has 0 spiro atoms. The second-order valence-corrected chi connectivity index (χ2v) is 11.0. The van der Waals surface area contributed by atoms with E-state index < -0.39 is 9.75 Å². The summed E-state index contributed by atoms with van der Waals surface area (Å²) in [7, 11) is 3.40. The summed E-state index contributed by atoms with van der Waals surface area (Å²) in [6, 6.07) is 11.7. The van der Waals surface area contributed by atoms with Gasteiger partial charge in [0.05, 0.1) is 25.7 Å². The van der Waals surface area contributed by atoms with Crippen molar-refractivity contribution in [1.82, 2.24) is 0 Å². The smallest absolute Gasteiger partial charge is 0.233 e. The van der Waals surface area contributed by atoms with Gasteiger partial charge < -0.3 is 19.5 Å². The molecule has 0 bridgehead atoms. The molecule has 4 atom stereocenters. The fourth-order valence-corrected chi connectivity index (χ4v) is 6.08. The van der Waals surface area contributed by atoms with E-state index in [4.69, 9.17) is 37.4 Å². The summed E-state index contributed by atoms with van der Waals surface area (Å²) in [6.45, 7) is 1.78. The molecule has 1 aliphatic heterocycles. The highest BCUT2D eigenvalue weighted by molar-refractivity contribution is 6.53. The highest BCUT2D eigenvalue weighted by atomic mass is 35.5. The van der Waals surface area contributed by atoms with Gasteiger partial charge in [0.2, 0.25) is 5.91 Å². The summed E-state index contributed by atoms with van der Waals surface area (Å²) in [4.78, 5) is 12.8. The molecule has 176 valence electrons. The summed E-state index contributed by atoms with van der Waals surface area (Å²) in [5.41, 5.74) is 3.05. The Kier molecular flexibility index (Phi) is 5.79. The number of ether oxygens (including phenoxy) is 3. The van der Waals surface area contributed by atoms with E-state index in [1.165, 1.54) is 12.0 Å². The van der Waals surface area contributed by atoms with Crippen molar-refractivity contribution in [3.63, 3.8) is 0 Å². The number of carbonyl (C=O) groups is 1. The molecule has 2 aromatic carbocycles. The monoisotopic (exact) mass is 489 g/mol. The lowest BCUT2D eigenvalue weighted by Crippen LogP contribution is -2.34.